The van der Waals surface area contributed by atoms with Crippen molar-refractivity contribution in [3.05, 3.63) is 63.6 Å². The van der Waals surface area contributed by atoms with Gasteiger partial charge in [0.05, 0.1) is 16.6 Å². The molecule has 0 atom stereocenters. The number of carbonyl (C=O) groups excluding carboxylic acids is 1. The van der Waals surface area contributed by atoms with Gasteiger partial charge >= 0.3 is 0 Å². The average molecular weight is 394 g/mol. The zero-order valence-corrected chi connectivity index (χ0v) is 17.2. The van der Waals surface area contributed by atoms with Crippen LogP contribution in [0.1, 0.15) is 11.1 Å². The van der Waals surface area contributed by atoms with Gasteiger partial charge in [0.15, 0.2) is 0 Å². The fourth-order valence-electron chi connectivity index (χ4n) is 2.62. The molecule has 0 radical (unpaired) electrons. The van der Waals surface area contributed by atoms with Crippen LogP contribution in [-0.4, -0.2) is 50.4 Å². The Balaban J connectivity index is 1.88. The van der Waals surface area contributed by atoms with Crippen LogP contribution in [0.15, 0.2) is 42.5 Å². The summed E-state index contributed by atoms with van der Waals surface area (Å²) in [6.07, 6.45) is 0. The Morgan fingerprint density at radius 2 is 1.46 bits per heavy atom. The predicted octanol–water partition coefficient (Wildman–Crippen LogP) is 4.15. The van der Waals surface area contributed by atoms with Crippen molar-refractivity contribution in [2.75, 3.05) is 39.6 Å². The summed E-state index contributed by atoms with van der Waals surface area (Å²) in [5.41, 5.74) is 3.28. The van der Waals surface area contributed by atoms with Crippen LogP contribution >= 0.6 is 23.2 Å². The first-order valence-corrected chi connectivity index (χ1v) is 9.14. The largest absolute Gasteiger partial charge is 0.378 e. The van der Waals surface area contributed by atoms with E-state index in [0.29, 0.717) is 29.7 Å². The third-order valence-electron chi connectivity index (χ3n) is 4.14. The third kappa shape index (κ3) is 5.90. The van der Waals surface area contributed by atoms with Crippen molar-refractivity contribution in [2.24, 2.45) is 0 Å². The molecular formula is C20H25Cl2N3O. The van der Waals surface area contributed by atoms with Gasteiger partial charge in [-0.1, -0.05) is 41.4 Å². The number of hydrogen-bond acceptors (Lipinski definition) is 3. The van der Waals surface area contributed by atoms with Crippen LogP contribution in [0.5, 0.6) is 0 Å². The van der Waals surface area contributed by atoms with Crippen LogP contribution in [0.4, 0.5) is 5.69 Å². The molecule has 0 saturated heterocycles. The highest BCUT2D eigenvalue weighted by Crippen LogP contribution is 2.23. The van der Waals surface area contributed by atoms with E-state index in [-0.39, 0.29) is 5.91 Å². The molecule has 0 aliphatic carbocycles. The van der Waals surface area contributed by atoms with Crippen molar-refractivity contribution in [1.82, 2.24) is 9.80 Å². The van der Waals surface area contributed by atoms with E-state index in [2.05, 4.69) is 29.2 Å². The number of amides is 1. The molecule has 0 fully saturated rings. The number of halogens is 2. The highest BCUT2D eigenvalue weighted by atomic mass is 35.5. The third-order valence-corrected chi connectivity index (χ3v) is 4.88. The van der Waals surface area contributed by atoms with Crippen molar-refractivity contribution in [2.45, 2.75) is 13.1 Å². The number of likely N-dealkylation sites (N-methyl/N-ethyl adjacent to an activating group) is 2. The number of hydrogen-bond donors (Lipinski definition) is 0. The second-order valence-corrected chi connectivity index (χ2v) is 7.55. The number of nitrogens with zero attached hydrogens (tertiary/aromatic N) is 3. The van der Waals surface area contributed by atoms with Crippen molar-refractivity contribution in [3.63, 3.8) is 0 Å². The Morgan fingerprint density at radius 1 is 0.846 bits per heavy atom. The van der Waals surface area contributed by atoms with Crippen LogP contribution in [0, 0.1) is 0 Å². The highest BCUT2D eigenvalue weighted by Gasteiger charge is 2.13. The maximum Gasteiger partial charge on any atom is 0.236 e. The first-order chi connectivity index (χ1) is 12.3. The molecule has 0 aliphatic rings. The molecule has 0 aliphatic heterocycles. The van der Waals surface area contributed by atoms with Gasteiger partial charge in [-0.05, 0) is 42.4 Å². The van der Waals surface area contributed by atoms with Gasteiger partial charge in [-0.25, -0.2) is 0 Å². The Kier molecular flexibility index (Phi) is 7.33. The molecule has 2 aromatic carbocycles. The first-order valence-electron chi connectivity index (χ1n) is 8.39. The van der Waals surface area contributed by atoms with Crippen molar-refractivity contribution in [1.29, 1.82) is 0 Å². The minimum absolute atomic E-state index is 0.0734. The van der Waals surface area contributed by atoms with Gasteiger partial charge in [-0.3, -0.25) is 9.69 Å². The Hall–Kier alpha value is -1.75. The maximum atomic E-state index is 12.5. The van der Waals surface area contributed by atoms with Crippen LogP contribution in [0.3, 0.4) is 0 Å². The van der Waals surface area contributed by atoms with Crippen LogP contribution in [-0.2, 0) is 17.9 Å². The van der Waals surface area contributed by atoms with E-state index in [0.717, 1.165) is 16.8 Å². The lowest BCUT2D eigenvalue weighted by Crippen LogP contribution is -2.36. The van der Waals surface area contributed by atoms with Crippen LogP contribution in [0.2, 0.25) is 10.0 Å². The van der Waals surface area contributed by atoms with E-state index in [4.69, 9.17) is 23.2 Å². The molecule has 0 heterocycles. The molecule has 140 valence electrons. The molecule has 1 amide bonds. The Morgan fingerprint density at radius 3 is 2.04 bits per heavy atom. The standard InChI is InChI=1S/C20H25Cl2N3O/c1-23(2)17-8-5-15(6-9-17)13-25(4)20(26)14-24(3)12-16-7-10-18(21)19(22)11-16/h5-11H,12-14H2,1-4H3. The fourth-order valence-corrected chi connectivity index (χ4v) is 2.94. The monoisotopic (exact) mass is 393 g/mol. The lowest BCUT2D eigenvalue weighted by atomic mass is 10.2. The molecule has 6 heteroatoms. The van der Waals surface area contributed by atoms with E-state index in [1.165, 1.54) is 0 Å². The van der Waals surface area contributed by atoms with E-state index in [1.54, 1.807) is 11.0 Å². The summed E-state index contributed by atoms with van der Waals surface area (Å²) < 4.78 is 0. The smallest absolute Gasteiger partial charge is 0.236 e. The SMILES string of the molecule is CN(CC(=O)N(C)Cc1ccc(N(C)C)cc1)Cc1ccc(Cl)c(Cl)c1. The molecule has 2 aromatic rings. The lowest BCUT2D eigenvalue weighted by molar-refractivity contribution is -0.131. The number of carbonyl (C=O) groups is 1. The quantitative estimate of drug-likeness (QED) is 0.706. The van der Waals surface area contributed by atoms with Gasteiger partial charge in [-0.2, -0.15) is 0 Å². The average Bonchev–Trinajstić information content (AvgIpc) is 2.58. The normalized spacial score (nSPS) is 10.9. The maximum absolute atomic E-state index is 12.5. The van der Waals surface area contributed by atoms with Crippen LogP contribution < -0.4 is 4.90 Å². The van der Waals surface area contributed by atoms with Crippen molar-refractivity contribution < 1.29 is 4.79 Å². The highest BCUT2D eigenvalue weighted by molar-refractivity contribution is 6.42. The topological polar surface area (TPSA) is 26.8 Å². The summed E-state index contributed by atoms with van der Waals surface area (Å²) in [5.74, 6) is 0.0734. The van der Waals surface area contributed by atoms with Gasteiger partial charge in [0.1, 0.15) is 0 Å². The van der Waals surface area contributed by atoms with E-state index >= 15 is 0 Å². The molecule has 0 spiro atoms. The minimum Gasteiger partial charge on any atom is -0.378 e. The number of anilines is 1. The van der Waals surface area contributed by atoms with E-state index in [1.807, 2.05) is 45.2 Å². The summed E-state index contributed by atoms with van der Waals surface area (Å²) in [6.45, 7) is 1.56. The second kappa shape index (κ2) is 9.26. The molecule has 2 rings (SSSR count). The van der Waals surface area contributed by atoms with Gasteiger partial charge < -0.3 is 9.80 Å². The zero-order chi connectivity index (χ0) is 19.3. The summed E-state index contributed by atoms with van der Waals surface area (Å²) in [5, 5.41) is 1.07. The van der Waals surface area contributed by atoms with E-state index in [9.17, 15) is 4.79 Å². The zero-order valence-electron chi connectivity index (χ0n) is 15.7. The molecule has 0 unspecified atom stereocenters. The molecular weight excluding hydrogens is 369 g/mol. The molecule has 0 bridgehead atoms. The lowest BCUT2D eigenvalue weighted by Gasteiger charge is -2.22. The first kappa shape index (κ1) is 20.6. The Labute approximate surface area is 165 Å². The summed E-state index contributed by atoms with van der Waals surface area (Å²) >= 11 is 12.0. The molecule has 0 saturated carbocycles. The van der Waals surface area contributed by atoms with Crippen molar-refractivity contribution in [3.8, 4) is 0 Å². The fraction of sp³-hybridized carbons (Fsp3) is 0.350. The summed E-state index contributed by atoms with van der Waals surface area (Å²) in [7, 11) is 7.76. The van der Waals surface area contributed by atoms with E-state index < -0.39 is 0 Å². The van der Waals surface area contributed by atoms with Gasteiger partial charge in [0, 0.05) is 39.9 Å². The van der Waals surface area contributed by atoms with Gasteiger partial charge in [0.25, 0.3) is 0 Å². The van der Waals surface area contributed by atoms with Crippen molar-refractivity contribution >= 4 is 34.8 Å². The minimum atomic E-state index is 0.0734. The predicted molar refractivity (Wildman–Crippen MR) is 110 cm³/mol. The second-order valence-electron chi connectivity index (χ2n) is 6.73. The number of rotatable bonds is 7. The van der Waals surface area contributed by atoms with Gasteiger partial charge in [0.2, 0.25) is 5.91 Å². The van der Waals surface area contributed by atoms with Gasteiger partial charge in [-0.15, -0.1) is 0 Å². The molecule has 0 aromatic heterocycles. The summed E-state index contributed by atoms with van der Waals surface area (Å²) in [4.78, 5) is 18.2. The molecule has 0 N–H and O–H groups in total. The molecule has 26 heavy (non-hydrogen) atoms. The number of benzene rings is 2. The summed E-state index contributed by atoms with van der Waals surface area (Å²) in [6, 6.07) is 13.8. The van der Waals surface area contributed by atoms with Crippen LogP contribution in [0.25, 0.3) is 0 Å². The Bertz CT molecular complexity index is 747. The molecule has 4 nitrogen and oxygen atoms in total.